The van der Waals surface area contributed by atoms with Crippen LogP contribution in [0.4, 0.5) is 8.78 Å². The van der Waals surface area contributed by atoms with Crippen LogP contribution in [0.1, 0.15) is 24.8 Å². The van der Waals surface area contributed by atoms with Gasteiger partial charge in [0.1, 0.15) is 5.75 Å². The van der Waals surface area contributed by atoms with Gasteiger partial charge in [-0.05, 0) is 24.6 Å². The van der Waals surface area contributed by atoms with E-state index in [0.29, 0.717) is 12.2 Å². The van der Waals surface area contributed by atoms with Crippen LogP contribution in [0.15, 0.2) is 24.3 Å². The van der Waals surface area contributed by atoms with Gasteiger partial charge >= 0.3 is 0 Å². The van der Waals surface area contributed by atoms with E-state index in [1.54, 1.807) is 24.3 Å². The second-order valence-electron chi connectivity index (χ2n) is 3.52. The lowest BCUT2D eigenvalue weighted by Crippen LogP contribution is -1.94. The van der Waals surface area contributed by atoms with E-state index in [9.17, 15) is 8.78 Å². The zero-order chi connectivity index (χ0) is 10.2. The Morgan fingerprint density at radius 2 is 1.93 bits per heavy atom. The van der Waals surface area contributed by atoms with E-state index in [2.05, 4.69) is 0 Å². The molecule has 1 atom stereocenters. The van der Waals surface area contributed by atoms with Crippen molar-refractivity contribution in [2.24, 2.45) is 0 Å². The van der Waals surface area contributed by atoms with E-state index in [1.807, 2.05) is 6.92 Å². The predicted octanol–water partition coefficient (Wildman–Crippen LogP) is 3.21. The van der Waals surface area contributed by atoms with Crippen LogP contribution >= 0.6 is 0 Å². The average Bonchev–Trinajstić information content (AvgIpc) is 2.77. The van der Waals surface area contributed by atoms with Crippen LogP contribution in [0, 0.1) is 0 Å². The molecule has 0 heterocycles. The van der Waals surface area contributed by atoms with E-state index in [1.165, 1.54) is 0 Å². The number of hydrogen-bond donors (Lipinski definition) is 0. The summed E-state index contributed by atoms with van der Waals surface area (Å²) in [5.74, 6) is -2.31. The topological polar surface area (TPSA) is 9.23 Å². The molecule has 0 radical (unpaired) electrons. The maximum absolute atomic E-state index is 12.7. The Balaban J connectivity index is 2.08. The minimum Gasteiger partial charge on any atom is -0.494 e. The van der Waals surface area contributed by atoms with Gasteiger partial charge in [-0.1, -0.05) is 12.1 Å². The molecule has 1 aliphatic carbocycles. The third kappa shape index (κ3) is 1.72. The number of benzene rings is 1. The van der Waals surface area contributed by atoms with Crippen molar-refractivity contribution in [3.05, 3.63) is 29.8 Å². The summed E-state index contributed by atoms with van der Waals surface area (Å²) in [5.41, 5.74) is 0.707. The molecule has 1 aromatic rings. The highest BCUT2D eigenvalue weighted by molar-refractivity contribution is 5.34. The van der Waals surface area contributed by atoms with Crippen molar-refractivity contribution in [1.82, 2.24) is 0 Å². The lowest BCUT2D eigenvalue weighted by molar-refractivity contribution is 0.112. The molecule has 14 heavy (non-hydrogen) atoms. The Bertz CT molecular complexity index is 319. The first kappa shape index (κ1) is 9.44. The van der Waals surface area contributed by atoms with Crippen molar-refractivity contribution >= 4 is 0 Å². The highest BCUT2D eigenvalue weighted by Crippen LogP contribution is 2.55. The van der Waals surface area contributed by atoms with Gasteiger partial charge in [0, 0.05) is 6.42 Å². The largest absolute Gasteiger partial charge is 0.494 e. The second kappa shape index (κ2) is 3.23. The van der Waals surface area contributed by atoms with E-state index >= 15 is 0 Å². The number of halogens is 2. The fourth-order valence-corrected chi connectivity index (χ4v) is 1.54. The molecule has 76 valence electrons. The van der Waals surface area contributed by atoms with Crippen LogP contribution in [0.2, 0.25) is 0 Å². The first-order valence-corrected chi connectivity index (χ1v) is 4.74. The van der Waals surface area contributed by atoms with E-state index < -0.39 is 11.8 Å². The molecule has 1 fully saturated rings. The smallest absolute Gasteiger partial charge is 0.255 e. The van der Waals surface area contributed by atoms with Crippen molar-refractivity contribution in [3.8, 4) is 5.75 Å². The molecule has 0 spiro atoms. The van der Waals surface area contributed by atoms with Gasteiger partial charge in [-0.25, -0.2) is 8.78 Å². The Hall–Kier alpha value is -1.12. The minimum atomic E-state index is -2.48. The Labute approximate surface area is 81.7 Å². The van der Waals surface area contributed by atoms with Crippen molar-refractivity contribution in [1.29, 1.82) is 0 Å². The van der Waals surface area contributed by atoms with E-state index in [-0.39, 0.29) is 6.42 Å². The monoisotopic (exact) mass is 198 g/mol. The van der Waals surface area contributed by atoms with Crippen molar-refractivity contribution in [2.45, 2.75) is 25.2 Å². The molecule has 0 aromatic heterocycles. The standard InChI is InChI=1S/C11H12F2O/c1-2-14-9-5-3-8(4-6-9)10-7-11(10,12)13/h3-6,10H,2,7H2,1H3. The maximum Gasteiger partial charge on any atom is 0.255 e. The van der Waals surface area contributed by atoms with Gasteiger partial charge < -0.3 is 4.74 Å². The summed E-state index contributed by atoms with van der Waals surface area (Å²) < 4.78 is 30.6. The molecule has 1 nitrogen and oxygen atoms in total. The van der Waals surface area contributed by atoms with Gasteiger partial charge in [0.25, 0.3) is 5.92 Å². The molecule has 3 heteroatoms. The second-order valence-corrected chi connectivity index (χ2v) is 3.52. The lowest BCUT2D eigenvalue weighted by Gasteiger charge is -2.04. The highest BCUT2D eigenvalue weighted by atomic mass is 19.3. The summed E-state index contributed by atoms with van der Waals surface area (Å²) >= 11 is 0. The van der Waals surface area contributed by atoms with Crippen molar-refractivity contribution in [2.75, 3.05) is 6.61 Å². The molecular formula is C11H12F2O. The van der Waals surface area contributed by atoms with Gasteiger partial charge in [0.2, 0.25) is 0 Å². The maximum atomic E-state index is 12.7. The molecule has 0 saturated heterocycles. The third-order valence-electron chi connectivity index (χ3n) is 2.42. The van der Waals surface area contributed by atoms with Gasteiger partial charge in [0.05, 0.1) is 12.5 Å². The number of alkyl halides is 2. The van der Waals surface area contributed by atoms with Crippen LogP contribution < -0.4 is 4.74 Å². The molecule has 2 rings (SSSR count). The van der Waals surface area contributed by atoms with Crippen LogP contribution in [0.25, 0.3) is 0 Å². The molecule has 1 saturated carbocycles. The van der Waals surface area contributed by atoms with Gasteiger partial charge in [-0.15, -0.1) is 0 Å². The number of rotatable bonds is 3. The molecule has 0 N–H and O–H groups in total. The number of hydrogen-bond acceptors (Lipinski definition) is 1. The number of ether oxygens (including phenoxy) is 1. The van der Waals surface area contributed by atoms with Gasteiger partial charge in [-0.2, -0.15) is 0 Å². The summed E-state index contributed by atoms with van der Waals surface area (Å²) in [7, 11) is 0. The average molecular weight is 198 g/mol. The Morgan fingerprint density at radius 1 is 1.36 bits per heavy atom. The summed E-state index contributed by atoms with van der Waals surface area (Å²) in [6, 6.07) is 6.92. The fraction of sp³-hybridized carbons (Fsp3) is 0.455. The summed E-state index contributed by atoms with van der Waals surface area (Å²) in [4.78, 5) is 0. The zero-order valence-corrected chi connectivity index (χ0v) is 7.97. The Kier molecular flexibility index (Phi) is 2.17. The molecule has 1 aliphatic rings. The Morgan fingerprint density at radius 3 is 2.36 bits per heavy atom. The van der Waals surface area contributed by atoms with Crippen LogP contribution in [-0.4, -0.2) is 12.5 Å². The van der Waals surface area contributed by atoms with Crippen LogP contribution in [0.3, 0.4) is 0 Å². The SMILES string of the molecule is CCOc1ccc(C2CC2(F)F)cc1. The van der Waals surface area contributed by atoms with Gasteiger partial charge in [0.15, 0.2) is 0 Å². The fourth-order valence-electron chi connectivity index (χ4n) is 1.54. The molecule has 1 aromatic carbocycles. The summed E-state index contributed by atoms with van der Waals surface area (Å²) in [6.45, 7) is 2.49. The van der Waals surface area contributed by atoms with Crippen molar-refractivity contribution in [3.63, 3.8) is 0 Å². The summed E-state index contributed by atoms with van der Waals surface area (Å²) in [5, 5.41) is 0. The van der Waals surface area contributed by atoms with E-state index in [4.69, 9.17) is 4.74 Å². The lowest BCUT2D eigenvalue weighted by atomic mass is 10.1. The van der Waals surface area contributed by atoms with Crippen molar-refractivity contribution < 1.29 is 13.5 Å². The highest BCUT2D eigenvalue weighted by Gasteiger charge is 2.57. The van der Waals surface area contributed by atoms with E-state index in [0.717, 1.165) is 5.75 Å². The molecule has 1 unspecified atom stereocenters. The molecular weight excluding hydrogens is 186 g/mol. The van der Waals surface area contributed by atoms with Gasteiger partial charge in [-0.3, -0.25) is 0 Å². The summed E-state index contributed by atoms with van der Waals surface area (Å²) in [6.07, 6.45) is -0.0129. The molecule has 0 amide bonds. The molecule has 0 aliphatic heterocycles. The first-order valence-electron chi connectivity index (χ1n) is 4.74. The molecule has 0 bridgehead atoms. The third-order valence-corrected chi connectivity index (χ3v) is 2.42. The quantitative estimate of drug-likeness (QED) is 0.724. The normalized spacial score (nSPS) is 23.2. The van der Waals surface area contributed by atoms with Crippen LogP contribution in [0.5, 0.6) is 5.75 Å². The van der Waals surface area contributed by atoms with Crippen LogP contribution in [-0.2, 0) is 0 Å². The minimum absolute atomic E-state index is 0.0129. The zero-order valence-electron chi connectivity index (χ0n) is 7.97. The predicted molar refractivity (Wildman–Crippen MR) is 49.9 cm³/mol. The first-order chi connectivity index (χ1) is 6.63.